The van der Waals surface area contributed by atoms with Crippen molar-refractivity contribution in [3.05, 3.63) is 77.9 Å². The normalized spacial score (nSPS) is 13.9. The monoisotopic (exact) mass is 726 g/mol. The van der Waals surface area contributed by atoms with E-state index in [0.29, 0.717) is 6.07 Å². The molecule has 0 aliphatic carbocycles. The summed E-state index contributed by atoms with van der Waals surface area (Å²) in [6.07, 6.45) is 0. The number of carbonyl (C=O) groups excluding carboxylic acids is 2. The van der Waals surface area contributed by atoms with Crippen LogP contribution in [0.5, 0.6) is 5.75 Å². The van der Waals surface area contributed by atoms with E-state index in [1.807, 2.05) is 0 Å². The van der Waals surface area contributed by atoms with Crippen LogP contribution >= 0.6 is 0 Å². The van der Waals surface area contributed by atoms with Crippen LogP contribution in [0.2, 0.25) is 0 Å². The van der Waals surface area contributed by atoms with Gasteiger partial charge in [0.15, 0.2) is 5.75 Å². The fourth-order valence-electron chi connectivity index (χ4n) is 5.00. The Morgan fingerprint density at radius 2 is 1.18 bits per heavy atom. The highest BCUT2D eigenvalue weighted by Gasteiger charge is 2.27. The van der Waals surface area contributed by atoms with Crippen LogP contribution in [0.3, 0.4) is 0 Å². The lowest BCUT2D eigenvalue weighted by Crippen LogP contribution is -2.19. The summed E-state index contributed by atoms with van der Waals surface area (Å²) >= 11 is 0. The van der Waals surface area contributed by atoms with Crippen LogP contribution in [0.15, 0.2) is 102 Å². The van der Waals surface area contributed by atoms with Gasteiger partial charge in [-0.1, -0.05) is 6.07 Å². The fourth-order valence-corrected chi connectivity index (χ4v) is 6.79. The number of nitrogen functional groups attached to an aromatic ring is 1. The minimum absolute atomic E-state index is 0.0232. The summed E-state index contributed by atoms with van der Waals surface area (Å²) in [7, 11) is -14.8. The number of nitrogens with zero attached hydrogens (tertiary/aromatic N) is 4. The molecule has 18 nitrogen and oxygen atoms in total. The third-order valence-corrected chi connectivity index (χ3v) is 9.91. The number of aromatic hydroxyl groups is 1. The first-order chi connectivity index (χ1) is 22.8. The second kappa shape index (κ2) is 11.5. The molecule has 49 heavy (non-hydrogen) atoms. The molecule has 7 N–H and O–H groups in total. The zero-order valence-corrected chi connectivity index (χ0v) is 26.4. The Hall–Kier alpha value is -5.71. The Balaban J connectivity index is 1.50. The molecule has 0 saturated carbocycles. The summed E-state index contributed by atoms with van der Waals surface area (Å²) in [4.78, 5) is 21.4. The standard InChI is InChI=1S/C28H18N6O12S3/c29-24-18-11-23(49(44,45)46)25(26(35)15(18)5-8-22(24)48(41,42)43)34-33-21-7-6-20(14-4-2-13(10-17(14)21)47(38,39)40)32-31-12-1-3-16-19(9-12)28(37)30-27(16)36/h1-11,35H,29H2,(H,30,36,37)(H,38,39,40)(H,41,42,43)(H,44,45,46). The average Bonchev–Trinajstić information content (AvgIpc) is 3.30. The minimum Gasteiger partial charge on any atom is -0.505 e. The van der Waals surface area contributed by atoms with Crippen molar-refractivity contribution in [3.8, 4) is 5.75 Å². The lowest BCUT2D eigenvalue weighted by atomic mass is 10.1. The summed E-state index contributed by atoms with van der Waals surface area (Å²) in [6.45, 7) is 0. The van der Waals surface area contributed by atoms with Gasteiger partial charge in [-0.05, 0) is 60.7 Å². The molecular formula is C28H18N6O12S3. The number of amides is 2. The van der Waals surface area contributed by atoms with Crippen LogP contribution in [0.4, 0.5) is 28.4 Å². The summed E-state index contributed by atoms with van der Waals surface area (Å²) in [5, 5.41) is 28.7. The molecule has 1 aliphatic rings. The summed E-state index contributed by atoms with van der Waals surface area (Å²) in [5.74, 6) is -2.10. The molecule has 2 amide bonds. The van der Waals surface area contributed by atoms with Gasteiger partial charge in [-0.15, -0.1) is 15.3 Å². The van der Waals surface area contributed by atoms with Gasteiger partial charge in [0.2, 0.25) is 0 Å². The predicted molar refractivity (Wildman–Crippen MR) is 170 cm³/mol. The van der Waals surface area contributed by atoms with Gasteiger partial charge in [-0.2, -0.15) is 30.4 Å². The smallest absolute Gasteiger partial charge is 0.296 e. The Kier molecular flexibility index (Phi) is 7.77. The van der Waals surface area contributed by atoms with Crippen LogP contribution in [-0.4, -0.2) is 55.8 Å². The summed E-state index contributed by atoms with van der Waals surface area (Å²) < 4.78 is 101. The average molecular weight is 727 g/mol. The molecule has 0 atom stereocenters. The second-order valence-corrected chi connectivity index (χ2v) is 14.5. The van der Waals surface area contributed by atoms with Gasteiger partial charge in [0, 0.05) is 21.5 Å². The van der Waals surface area contributed by atoms with Crippen molar-refractivity contribution in [2.45, 2.75) is 14.7 Å². The summed E-state index contributed by atoms with van der Waals surface area (Å²) in [6, 6.07) is 12.6. The number of carbonyl (C=O) groups is 2. The number of azo groups is 2. The van der Waals surface area contributed by atoms with E-state index < -0.39 is 74.0 Å². The highest BCUT2D eigenvalue weighted by atomic mass is 32.2. The molecule has 0 radical (unpaired) electrons. The molecule has 5 aromatic rings. The second-order valence-electron chi connectivity index (χ2n) is 10.3. The van der Waals surface area contributed by atoms with E-state index in [4.69, 9.17) is 5.73 Å². The zero-order valence-electron chi connectivity index (χ0n) is 24.0. The number of phenolic OH excluding ortho intramolecular Hbond substituents is 1. The fraction of sp³-hybridized carbons (Fsp3) is 0. The lowest BCUT2D eigenvalue weighted by Gasteiger charge is -2.12. The van der Waals surface area contributed by atoms with Crippen molar-refractivity contribution in [1.29, 1.82) is 0 Å². The topological polar surface area (TPSA) is 305 Å². The van der Waals surface area contributed by atoms with Crippen molar-refractivity contribution < 1.29 is 53.6 Å². The Bertz CT molecular complexity index is 2730. The van der Waals surface area contributed by atoms with Crippen LogP contribution in [-0.2, 0) is 30.4 Å². The van der Waals surface area contributed by atoms with Crippen LogP contribution in [0, 0.1) is 0 Å². The number of hydrogen-bond acceptors (Lipinski definition) is 14. The molecule has 6 rings (SSSR count). The molecule has 1 aliphatic heterocycles. The third kappa shape index (κ3) is 6.08. The Morgan fingerprint density at radius 1 is 0.571 bits per heavy atom. The van der Waals surface area contributed by atoms with E-state index in [-0.39, 0.29) is 49.7 Å². The lowest BCUT2D eigenvalue weighted by molar-refractivity contribution is 0.0879. The number of imide groups is 1. The van der Waals surface area contributed by atoms with Crippen molar-refractivity contribution >= 4 is 92.2 Å². The van der Waals surface area contributed by atoms with Crippen LogP contribution < -0.4 is 11.1 Å². The molecule has 0 spiro atoms. The molecule has 0 aromatic heterocycles. The van der Waals surface area contributed by atoms with Gasteiger partial charge in [-0.25, -0.2) is 0 Å². The van der Waals surface area contributed by atoms with Crippen LogP contribution in [0.1, 0.15) is 20.7 Å². The number of nitrogens with one attached hydrogen (secondary N) is 1. The van der Waals surface area contributed by atoms with Gasteiger partial charge in [0.25, 0.3) is 42.2 Å². The van der Waals surface area contributed by atoms with Crippen LogP contribution in [0.25, 0.3) is 21.5 Å². The predicted octanol–water partition coefficient (Wildman–Crippen LogP) is 4.74. The number of rotatable bonds is 7. The van der Waals surface area contributed by atoms with Gasteiger partial charge < -0.3 is 10.8 Å². The number of phenols is 1. The molecule has 0 saturated heterocycles. The number of hydrogen-bond donors (Lipinski definition) is 6. The van der Waals surface area contributed by atoms with Crippen molar-refractivity contribution in [3.63, 3.8) is 0 Å². The van der Waals surface area contributed by atoms with E-state index >= 15 is 0 Å². The van der Waals surface area contributed by atoms with Crippen molar-refractivity contribution in [2.24, 2.45) is 20.5 Å². The Morgan fingerprint density at radius 3 is 1.84 bits per heavy atom. The zero-order chi connectivity index (χ0) is 35.6. The molecular weight excluding hydrogens is 709 g/mol. The molecule has 0 unspecified atom stereocenters. The molecule has 5 aromatic carbocycles. The molecule has 1 heterocycles. The van der Waals surface area contributed by atoms with Gasteiger partial charge >= 0.3 is 0 Å². The van der Waals surface area contributed by atoms with Crippen molar-refractivity contribution in [2.75, 3.05) is 5.73 Å². The highest BCUT2D eigenvalue weighted by Crippen LogP contribution is 2.45. The number of anilines is 1. The van der Waals surface area contributed by atoms with E-state index in [9.17, 15) is 53.6 Å². The maximum atomic E-state index is 12.3. The maximum Gasteiger partial charge on any atom is 0.296 e. The molecule has 0 fully saturated rings. The van der Waals surface area contributed by atoms with Gasteiger partial charge in [0.05, 0.1) is 38.8 Å². The van der Waals surface area contributed by atoms with E-state index in [1.165, 1.54) is 36.4 Å². The SMILES string of the molecule is Nc1c(S(=O)(=O)O)ccc2c(O)c(N=Nc3ccc(N=Nc4ccc5c(c4)C(=O)NC5=O)c4ccc(S(=O)(=O)O)cc34)c(S(=O)(=O)O)cc12. The molecule has 250 valence electrons. The molecule has 21 heteroatoms. The molecule has 0 bridgehead atoms. The minimum atomic E-state index is -5.20. The quantitative estimate of drug-likeness (QED) is 0.0572. The van der Waals surface area contributed by atoms with Gasteiger partial charge in [-0.3, -0.25) is 28.6 Å². The first-order valence-electron chi connectivity index (χ1n) is 13.2. The number of benzene rings is 5. The van der Waals surface area contributed by atoms with Gasteiger partial charge in [0.1, 0.15) is 15.5 Å². The van der Waals surface area contributed by atoms with E-state index in [1.54, 1.807) is 0 Å². The van der Waals surface area contributed by atoms with E-state index in [0.717, 1.165) is 24.3 Å². The summed E-state index contributed by atoms with van der Waals surface area (Å²) in [5.41, 5.74) is 4.74. The van der Waals surface area contributed by atoms with Crippen molar-refractivity contribution in [1.82, 2.24) is 5.32 Å². The first kappa shape index (κ1) is 33.2. The number of fused-ring (bicyclic) bond motifs is 3. The third-order valence-electron chi connectivity index (χ3n) is 7.28. The van der Waals surface area contributed by atoms with E-state index in [2.05, 4.69) is 25.8 Å². The maximum absolute atomic E-state index is 12.3. The first-order valence-corrected chi connectivity index (χ1v) is 17.6. The Labute approximate surface area is 274 Å². The number of nitrogens with two attached hydrogens (primary N) is 1. The largest absolute Gasteiger partial charge is 0.505 e. The highest BCUT2D eigenvalue weighted by molar-refractivity contribution is 7.86.